The van der Waals surface area contributed by atoms with Gasteiger partial charge in [-0.3, -0.25) is 9.69 Å². The van der Waals surface area contributed by atoms with Crippen molar-refractivity contribution in [2.24, 2.45) is 0 Å². The number of allylic oxidation sites excluding steroid dienone is 1. The summed E-state index contributed by atoms with van der Waals surface area (Å²) in [6, 6.07) is 22.3. The fourth-order valence-corrected chi connectivity index (χ4v) is 7.51. The van der Waals surface area contributed by atoms with Gasteiger partial charge in [-0.05, 0) is 60.6 Å². The van der Waals surface area contributed by atoms with Crippen molar-refractivity contribution in [2.75, 3.05) is 20.3 Å². The first kappa shape index (κ1) is 28.9. The van der Waals surface area contributed by atoms with Gasteiger partial charge in [-0.1, -0.05) is 78.4 Å². The highest BCUT2D eigenvalue weighted by Crippen LogP contribution is 2.45. The molecule has 0 spiro atoms. The molecule has 7 rings (SSSR count). The topological polar surface area (TPSA) is 91.9 Å². The number of nitrogens with one attached hydrogen (secondary N) is 1. The molecule has 0 saturated carbocycles. The van der Waals surface area contributed by atoms with Crippen LogP contribution in [0, 0.1) is 0 Å². The number of hydrogen-bond acceptors (Lipinski definition) is 5. The van der Waals surface area contributed by atoms with E-state index >= 15 is 0 Å². The van der Waals surface area contributed by atoms with E-state index in [1.54, 1.807) is 9.80 Å². The predicted octanol–water partition coefficient (Wildman–Crippen LogP) is 6.52. The predicted molar refractivity (Wildman–Crippen MR) is 172 cm³/mol. The van der Waals surface area contributed by atoms with Crippen molar-refractivity contribution in [3.8, 4) is 11.1 Å². The molecule has 45 heavy (non-hydrogen) atoms. The number of amides is 2. The first-order valence-electron chi connectivity index (χ1n) is 15.6. The molecule has 3 aliphatic rings. The molecule has 1 N–H and O–H groups in total. The number of carbonyl (C=O) groups is 3. The fourth-order valence-electron chi connectivity index (χ4n) is 7.51. The van der Waals surface area contributed by atoms with Crippen LogP contribution < -0.4 is 0 Å². The second-order valence-corrected chi connectivity index (χ2v) is 12.4. The molecule has 2 amide bonds. The molecule has 3 heterocycles. The Bertz CT molecular complexity index is 1790. The maximum atomic E-state index is 14.6. The summed E-state index contributed by atoms with van der Waals surface area (Å²) < 4.78 is 11.2. The van der Waals surface area contributed by atoms with Gasteiger partial charge >= 0.3 is 12.1 Å². The lowest BCUT2D eigenvalue weighted by molar-refractivity contribution is -0.156. The van der Waals surface area contributed by atoms with Gasteiger partial charge in [0.1, 0.15) is 18.7 Å². The van der Waals surface area contributed by atoms with Crippen molar-refractivity contribution in [1.29, 1.82) is 0 Å². The molecule has 230 valence electrons. The van der Waals surface area contributed by atoms with Gasteiger partial charge in [-0.25, -0.2) is 9.59 Å². The second-order valence-electron chi connectivity index (χ2n) is 12.4. The number of aromatic nitrogens is 1. The summed E-state index contributed by atoms with van der Waals surface area (Å²) in [5, 5.41) is 1.03. The Morgan fingerprint density at radius 3 is 2.27 bits per heavy atom. The van der Waals surface area contributed by atoms with Crippen LogP contribution in [0.2, 0.25) is 0 Å². The van der Waals surface area contributed by atoms with Crippen molar-refractivity contribution in [3.63, 3.8) is 0 Å². The number of aromatic amines is 1. The molecule has 3 atom stereocenters. The Hall–Kier alpha value is -4.85. The lowest BCUT2D eigenvalue weighted by Gasteiger charge is -2.41. The third-order valence-electron chi connectivity index (χ3n) is 9.50. The minimum atomic E-state index is -0.834. The van der Waals surface area contributed by atoms with E-state index in [-0.39, 0.29) is 18.4 Å². The number of H-pyrrole nitrogens is 1. The SMILES string of the molecule is COC(=O)C1Cc2c([nH]c3ccccc23)[C@H](C=C(C)C)N1C(=O)[C@@H]1CCCN1C(=O)OCC1c2ccccc2-c2ccccc21. The molecule has 2 aliphatic heterocycles. The number of likely N-dealkylation sites (tertiary alicyclic amines) is 1. The van der Waals surface area contributed by atoms with Crippen LogP contribution in [0.3, 0.4) is 0 Å². The summed E-state index contributed by atoms with van der Waals surface area (Å²) in [6.45, 7) is 4.54. The first-order chi connectivity index (χ1) is 21.9. The molecule has 1 saturated heterocycles. The van der Waals surface area contributed by atoms with Crippen LogP contribution in [0.1, 0.15) is 61.0 Å². The maximum Gasteiger partial charge on any atom is 0.410 e. The van der Waals surface area contributed by atoms with E-state index < -0.39 is 30.2 Å². The van der Waals surface area contributed by atoms with Gasteiger partial charge in [0.15, 0.2) is 0 Å². The summed E-state index contributed by atoms with van der Waals surface area (Å²) in [5.74, 6) is -0.827. The third kappa shape index (κ3) is 4.89. The Kier molecular flexibility index (Phi) is 7.43. The number of benzene rings is 3. The second kappa shape index (κ2) is 11.6. The number of para-hydroxylation sites is 1. The first-order valence-corrected chi connectivity index (χ1v) is 15.6. The van der Waals surface area contributed by atoms with Crippen LogP contribution in [-0.2, 0) is 25.5 Å². The third-order valence-corrected chi connectivity index (χ3v) is 9.50. The van der Waals surface area contributed by atoms with E-state index in [0.29, 0.717) is 25.8 Å². The van der Waals surface area contributed by atoms with Gasteiger partial charge in [0.25, 0.3) is 0 Å². The van der Waals surface area contributed by atoms with Gasteiger partial charge in [0, 0.05) is 35.5 Å². The largest absolute Gasteiger partial charge is 0.467 e. The zero-order valence-corrected chi connectivity index (χ0v) is 25.8. The van der Waals surface area contributed by atoms with Crippen LogP contribution in [0.4, 0.5) is 4.79 Å². The van der Waals surface area contributed by atoms with Crippen LogP contribution in [-0.4, -0.2) is 65.1 Å². The van der Waals surface area contributed by atoms with Crippen molar-refractivity contribution in [2.45, 2.75) is 57.2 Å². The van der Waals surface area contributed by atoms with Gasteiger partial charge in [0.2, 0.25) is 5.91 Å². The highest BCUT2D eigenvalue weighted by molar-refractivity contribution is 5.93. The summed E-state index contributed by atoms with van der Waals surface area (Å²) in [4.78, 5) is 48.3. The molecule has 1 unspecified atom stereocenters. The number of nitrogens with zero attached hydrogens (tertiary/aromatic N) is 2. The molecule has 0 radical (unpaired) electrons. The Morgan fingerprint density at radius 1 is 0.911 bits per heavy atom. The summed E-state index contributed by atoms with van der Waals surface area (Å²) in [7, 11) is 1.35. The molecule has 0 bridgehead atoms. The standard InChI is InChI=1S/C37H37N3O5/c1-22(2)19-32-34-28(27-15-8-9-16-30(27)38-34)20-33(36(42)44-3)40(32)35(41)31-17-10-18-39(31)37(43)45-21-29-25-13-6-4-11-23(25)24-12-5-7-14-26(24)29/h4-9,11-16,19,29,31-33,38H,10,17-18,20-21H2,1-3H3/t31-,32-,33?/m0/s1. The fraction of sp³-hybridized carbons (Fsp3) is 0.324. The number of fused-ring (bicyclic) bond motifs is 6. The van der Waals surface area contributed by atoms with Crippen LogP contribution in [0.5, 0.6) is 0 Å². The quantitative estimate of drug-likeness (QED) is 0.207. The minimum absolute atomic E-state index is 0.0774. The molecule has 3 aromatic carbocycles. The Labute approximate surface area is 262 Å². The molecular formula is C37H37N3O5. The van der Waals surface area contributed by atoms with Gasteiger partial charge in [-0.2, -0.15) is 0 Å². The molecule has 8 nitrogen and oxygen atoms in total. The molecule has 1 aliphatic carbocycles. The van der Waals surface area contributed by atoms with Crippen molar-refractivity contribution in [1.82, 2.24) is 14.8 Å². The van der Waals surface area contributed by atoms with Crippen molar-refractivity contribution in [3.05, 3.63) is 107 Å². The lowest BCUT2D eigenvalue weighted by atomic mass is 9.89. The van der Waals surface area contributed by atoms with Crippen molar-refractivity contribution < 1.29 is 23.9 Å². The number of carbonyl (C=O) groups excluding carboxylic acids is 3. The summed E-state index contributed by atoms with van der Waals surface area (Å²) in [6.07, 6.45) is 2.98. The molecule has 4 aromatic rings. The molecule has 1 fully saturated rings. The van der Waals surface area contributed by atoms with E-state index in [4.69, 9.17) is 9.47 Å². The number of rotatable bonds is 5. The van der Waals surface area contributed by atoms with E-state index in [9.17, 15) is 14.4 Å². The molecule has 1 aromatic heterocycles. The zero-order chi connectivity index (χ0) is 31.2. The normalized spacial score (nSPS) is 20.4. The summed E-state index contributed by atoms with van der Waals surface area (Å²) in [5.41, 5.74) is 8.43. The van der Waals surface area contributed by atoms with E-state index in [2.05, 4.69) is 29.2 Å². The van der Waals surface area contributed by atoms with Gasteiger partial charge < -0.3 is 19.4 Å². The minimum Gasteiger partial charge on any atom is -0.467 e. The Balaban J connectivity index is 1.17. The van der Waals surface area contributed by atoms with Gasteiger partial charge in [-0.15, -0.1) is 0 Å². The summed E-state index contributed by atoms with van der Waals surface area (Å²) >= 11 is 0. The number of ether oxygens (including phenoxy) is 2. The number of methoxy groups -OCH3 is 1. The van der Waals surface area contributed by atoms with E-state index in [1.165, 1.54) is 7.11 Å². The van der Waals surface area contributed by atoms with Crippen LogP contribution >= 0.6 is 0 Å². The van der Waals surface area contributed by atoms with Crippen LogP contribution in [0.15, 0.2) is 84.4 Å². The van der Waals surface area contributed by atoms with Crippen molar-refractivity contribution >= 4 is 28.9 Å². The Morgan fingerprint density at radius 2 is 1.58 bits per heavy atom. The maximum absolute atomic E-state index is 14.6. The number of hydrogen-bond donors (Lipinski definition) is 1. The smallest absolute Gasteiger partial charge is 0.410 e. The average molecular weight is 604 g/mol. The van der Waals surface area contributed by atoms with Crippen LogP contribution in [0.25, 0.3) is 22.0 Å². The van der Waals surface area contributed by atoms with Gasteiger partial charge in [0.05, 0.1) is 13.2 Å². The molecule has 8 heteroatoms. The highest BCUT2D eigenvalue weighted by atomic mass is 16.6. The van der Waals surface area contributed by atoms with E-state index in [0.717, 1.165) is 50.0 Å². The monoisotopic (exact) mass is 603 g/mol. The lowest BCUT2D eigenvalue weighted by Crippen LogP contribution is -2.57. The highest BCUT2D eigenvalue weighted by Gasteiger charge is 2.47. The van der Waals surface area contributed by atoms with E-state index in [1.807, 2.05) is 68.5 Å². The number of esters is 1. The average Bonchev–Trinajstić information content (AvgIpc) is 3.77. The molecular weight excluding hydrogens is 566 g/mol. The zero-order valence-electron chi connectivity index (χ0n) is 25.8.